The molecular formula is C11H18O3SSi. The van der Waals surface area contributed by atoms with E-state index in [1.807, 2.05) is 12.1 Å². The van der Waals surface area contributed by atoms with E-state index in [-0.39, 0.29) is 6.61 Å². The summed E-state index contributed by atoms with van der Waals surface area (Å²) in [4.78, 5) is 0.330. The van der Waals surface area contributed by atoms with Gasteiger partial charge in [-0.2, -0.15) is 8.42 Å². The Labute approximate surface area is 98.6 Å². The van der Waals surface area contributed by atoms with Crippen molar-refractivity contribution in [3.63, 3.8) is 0 Å². The number of benzene rings is 1. The molecule has 0 fully saturated rings. The van der Waals surface area contributed by atoms with Gasteiger partial charge in [-0.1, -0.05) is 37.8 Å². The van der Waals surface area contributed by atoms with E-state index in [2.05, 4.69) is 19.6 Å². The van der Waals surface area contributed by atoms with Crippen molar-refractivity contribution in [3.05, 3.63) is 24.3 Å². The molecule has 3 nitrogen and oxygen atoms in total. The minimum Gasteiger partial charge on any atom is -0.267 e. The smallest absolute Gasteiger partial charge is 0.267 e. The first-order valence-corrected chi connectivity index (χ1v) is 10.2. The topological polar surface area (TPSA) is 43.4 Å². The Hall–Kier alpha value is -0.653. The second kappa shape index (κ2) is 4.69. The molecule has 0 unspecified atom stereocenters. The zero-order chi connectivity index (χ0) is 12.4. The molecule has 5 heteroatoms. The number of hydrogen-bond donors (Lipinski definition) is 0. The first-order valence-electron chi connectivity index (χ1n) is 5.28. The van der Waals surface area contributed by atoms with Gasteiger partial charge in [0.1, 0.15) is 0 Å². The van der Waals surface area contributed by atoms with Crippen LogP contribution < -0.4 is 5.19 Å². The van der Waals surface area contributed by atoms with Crippen LogP contribution in [0.4, 0.5) is 0 Å². The summed E-state index contributed by atoms with van der Waals surface area (Å²) in [5, 5.41) is 0.920. The second-order valence-electron chi connectivity index (χ2n) is 4.61. The molecular weight excluding hydrogens is 240 g/mol. The van der Waals surface area contributed by atoms with E-state index in [0.717, 1.165) is 5.19 Å². The molecule has 0 aliphatic carbocycles. The normalized spacial score (nSPS) is 12.8. The van der Waals surface area contributed by atoms with Gasteiger partial charge in [-0.05, 0) is 18.2 Å². The summed E-state index contributed by atoms with van der Waals surface area (Å²) in [7, 11) is -5.27. The van der Waals surface area contributed by atoms with Gasteiger partial charge in [-0.15, -0.1) is 0 Å². The Bertz CT molecular complexity index is 460. The standard InChI is InChI=1S/C11H18O3SSi/c1-5-14-15(12,13)10-8-6-7-9-11(10)16(2,3)4/h6-9H,5H2,1-4H3. The molecule has 90 valence electrons. The maximum absolute atomic E-state index is 11.9. The maximum Gasteiger partial charge on any atom is 0.296 e. The quantitative estimate of drug-likeness (QED) is 0.612. The average molecular weight is 258 g/mol. The average Bonchev–Trinajstić information content (AvgIpc) is 2.16. The molecule has 0 bridgehead atoms. The fourth-order valence-corrected chi connectivity index (χ4v) is 5.26. The first-order chi connectivity index (χ1) is 7.29. The summed E-state index contributed by atoms with van der Waals surface area (Å²) < 4.78 is 28.6. The molecule has 0 saturated carbocycles. The summed E-state index contributed by atoms with van der Waals surface area (Å²) in [6, 6.07) is 7.12. The van der Waals surface area contributed by atoms with Crippen LogP contribution in [0, 0.1) is 0 Å². The van der Waals surface area contributed by atoms with Crippen molar-refractivity contribution in [2.24, 2.45) is 0 Å². The second-order valence-corrected chi connectivity index (χ2v) is 11.2. The Morgan fingerprint density at radius 3 is 2.25 bits per heavy atom. The fraction of sp³-hybridized carbons (Fsp3) is 0.455. The third-order valence-electron chi connectivity index (χ3n) is 2.24. The monoisotopic (exact) mass is 258 g/mol. The summed E-state index contributed by atoms with van der Waals surface area (Å²) >= 11 is 0. The van der Waals surface area contributed by atoms with Crippen LogP contribution in [0.1, 0.15) is 6.92 Å². The molecule has 1 rings (SSSR count). The van der Waals surface area contributed by atoms with Crippen molar-refractivity contribution in [1.82, 2.24) is 0 Å². The predicted octanol–water partition coefficient (Wildman–Crippen LogP) is 1.96. The Kier molecular flexibility index (Phi) is 3.93. The highest BCUT2D eigenvalue weighted by molar-refractivity contribution is 7.87. The van der Waals surface area contributed by atoms with Crippen LogP contribution in [-0.4, -0.2) is 23.1 Å². The zero-order valence-electron chi connectivity index (χ0n) is 10.1. The highest BCUT2D eigenvalue weighted by Gasteiger charge is 2.26. The molecule has 0 radical (unpaired) electrons. The molecule has 16 heavy (non-hydrogen) atoms. The molecule has 1 aromatic carbocycles. The SMILES string of the molecule is CCOS(=O)(=O)c1ccccc1[Si](C)(C)C. The lowest BCUT2D eigenvalue weighted by atomic mass is 10.4. The van der Waals surface area contributed by atoms with Crippen LogP contribution in [0.15, 0.2) is 29.2 Å². The number of rotatable bonds is 4. The first kappa shape index (κ1) is 13.4. The lowest BCUT2D eigenvalue weighted by Crippen LogP contribution is -2.41. The lowest BCUT2D eigenvalue weighted by molar-refractivity contribution is 0.338. The van der Waals surface area contributed by atoms with Gasteiger partial charge in [0.2, 0.25) is 0 Å². The van der Waals surface area contributed by atoms with Gasteiger partial charge >= 0.3 is 0 Å². The van der Waals surface area contributed by atoms with Crippen LogP contribution in [0.2, 0.25) is 19.6 Å². The Balaban J connectivity index is 3.35. The number of hydrogen-bond acceptors (Lipinski definition) is 3. The van der Waals surface area contributed by atoms with Gasteiger partial charge < -0.3 is 0 Å². The van der Waals surface area contributed by atoms with Gasteiger partial charge in [-0.3, -0.25) is 4.18 Å². The third-order valence-corrected chi connectivity index (χ3v) is 5.91. The largest absolute Gasteiger partial charge is 0.296 e. The molecule has 0 spiro atoms. The van der Waals surface area contributed by atoms with E-state index in [0.29, 0.717) is 4.90 Å². The van der Waals surface area contributed by atoms with Crippen LogP contribution >= 0.6 is 0 Å². The van der Waals surface area contributed by atoms with E-state index in [1.165, 1.54) is 0 Å². The van der Waals surface area contributed by atoms with Crippen LogP contribution in [0.25, 0.3) is 0 Å². The third kappa shape index (κ3) is 2.93. The highest BCUT2D eigenvalue weighted by Crippen LogP contribution is 2.14. The van der Waals surface area contributed by atoms with Crippen molar-refractivity contribution in [2.45, 2.75) is 31.5 Å². The van der Waals surface area contributed by atoms with Gasteiger partial charge in [-0.25, -0.2) is 0 Å². The Morgan fingerprint density at radius 1 is 1.19 bits per heavy atom. The van der Waals surface area contributed by atoms with Crippen molar-refractivity contribution in [1.29, 1.82) is 0 Å². The summed E-state index contributed by atoms with van der Waals surface area (Å²) in [6.07, 6.45) is 0. The molecule has 0 N–H and O–H groups in total. The van der Waals surface area contributed by atoms with E-state index in [9.17, 15) is 8.42 Å². The summed E-state index contributed by atoms with van der Waals surface area (Å²) in [5.41, 5.74) is 0. The van der Waals surface area contributed by atoms with E-state index < -0.39 is 18.2 Å². The van der Waals surface area contributed by atoms with Crippen LogP contribution in [0.5, 0.6) is 0 Å². The van der Waals surface area contributed by atoms with Crippen molar-refractivity contribution in [3.8, 4) is 0 Å². The van der Waals surface area contributed by atoms with E-state index in [4.69, 9.17) is 4.18 Å². The van der Waals surface area contributed by atoms with Gasteiger partial charge in [0.05, 0.1) is 19.6 Å². The molecule has 1 aromatic rings. The van der Waals surface area contributed by atoms with Crippen molar-refractivity contribution >= 4 is 23.4 Å². The molecule has 0 aliphatic rings. The predicted molar refractivity (Wildman–Crippen MR) is 68.2 cm³/mol. The summed E-state index contributed by atoms with van der Waals surface area (Å²) in [6.45, 7) is 8.20. The Morgan fingerprint density at radius 2 is 1.75 bits per heavy atom. The van der Waals surface area contributed by atoms with E-state index >= 15 is 0 Å². The molecule has 0 saturated heterocycles. The van der Waals surface area contributed by atoms with E-state index in [1.54, 1.807) is 19.1 Å². The molecule has 0 heterocycles. The van der Waals surface area contributed by atoms with Gasteiger partial charge in [0.15, 0.2) is 0 Å². The van der Waals surface area contributed by atoms with Crippen molar-refractivity contribution < 1.29 is 12.6 Å². The zero-order valence-corrected chi connectivity index (χ0v) is 12.0. The van der Waals surface area contributed by atoms with Gasteiger partial charge in [0, 0.05) is 0 Å². The fourth-order valence-electron chi connectivity index (χ4n) is 1.52. The highest BCUT2D eigenvalue weighted by atomic mass is 32.2. The lowest BCUT2D eigenvalue weighted by Gasteiger charge is -2.20. The minimum atomic E-state index is -3.59. The maximum atomic E-state index is 11.9. The minimum absolute atomic E-state index is 0.169. The van der Waals surface area contributed by atoms with Gasteiger partial charge in [0.25, 0.3) is 10.1 Å². The molecule has 0 aliphatic heterocycles. The molecule has 0 amide bonds. The van der Waals surface area contributed by atoms with Crippen molar-refractivity contribution in [2.75, 3.05) is 6.61 Å². The molecule has 0 atom stereocenters. The van der Waals surface area contributed by atoms with Crippen LogP contribution in [0.3, 0.4) is 0 Å². The van der Waals surface area contributed by atoms with Crippen LogP contribution in [-0.2, 0) is 14.3 Å². The molecule has 0 aromatic heterocycles. The summed E-state index contributed by atoms with van der Waals surface area (Å²) in [5.74, 6) is 0.